The number of rotatable bonds is 5. The van der Waals surface area contributed by atoms with Crippen molar-refractivity contribution in [3.05, 3.63) is 29.3 Å². The van der Waals surface area contributed by atoms with Crippen molar-refractivity contribution in [1.29, 1.82) is 0 Å². The van der Waals surface area contributed by atoms with E-state index >= 15 is 0 Å². The van der Waals surface area contributed by atoms with Crippen LogP contribution in [0.3, 0.4) is 0 Å². The quantitative estimate of drug-likeness (QED) is 0.430. The number of carbonyl (C=O) groups excluding carboxylic acids is 1. The van der Waals surface area contributed by atoms with Gasteiger partial charge in [0.15, 0.2) is 0 Å². The Morgan fingerprint density at radius 1 is 1.06 bits per heavy atom. The zero-order chi connectivity index (χ0) is 26.0. The van der Waals surface area contributed by atoms with Crippen molar-refractivity contribution in [3.8, 4) is 5.75 Å². The third kappa shape index (κ3) is 6.69. The minimum absolute atomic E-state index is 0.0126. The maximum Gasteiger partial charge on any atom is 0.407 e. The highest BCUT2D eigenvalue weighted by atomic mass is 16.6. The number of alkyl carbamates (subject to hydrolysis) is 1. The van der Waals surface area contributed by atoms with Crippen molar-refractivity contribution in [1.82, 2.24) is 5.32 Å². The van der Waals surface area contributed by atoms with E-state index in [1.54, 1.807) is 7.11 Å². The molecule has 2 atom stereocenters. The molecule has 0 aromatic heterocycles. The lowest BCUT2D eigenvalue weighted by Crippen LogP contribution is -2.55. The van der Waals surface area contributed by atoms with Crippen molar-refractivity contribution in [2.24, 2.45) is 16.1 Å². The molecule has 1 saturated carbocycles. The van der Waals surface area contributed by atoms with Crippen molar-refractivity contribution in [2.45, 2.75) is 116 Å². The first kappa shape index (κ1) is 27.3. The number of carbonyl (C=O) groups is 1. The number of methoxy groups -OCH3 is 1. The third-order valence-corrected chi connectivity index (χ3v) is 7.57. The molecule has 1 amide bonds. The van der Waals surface area contributed by atoms with Gasteiger partial charge in [-0.15, -0.1) is 0 Å². The molecule has 1 heterocycles. The van der Waals surface area contributed by atoms with Crippen molar-refractivity contribution < 1.29 is 19.0 Å². The molecule has 0 bridgehead atoms. The summed E-state index contributed by atoms with van der Waals surface area (Å²) in [5, 5.41) is 2.98. The van der Waals surface area contributed by atoms with E-state index in [2.05, 4.69) is 39.1 Å². The zero-order valence-electron chi connectivity index (χ0n) is 22.9. The van der Waals surface area contributed by atoms with Crippen molar-refractivity contribution in [2.75, 3.05) is 7.11 Å². The van der Waals surface area contributed by atoms with Crippen LogP contribution >= 0.6 is 0 Å². The minimum Gasteiger partial charge on any atom is -0.487 e. The maximum absolute atomic E-state index is 12.0. The Hall–Kier alpha value is -2.28. The molecule has 0 spiro atoms. The largest absolute Gasteiger partial charge is 0.487 e. The maximum atomic E-state index is 12.0. The molecule has 1 aliphatic heterocycles. The molecule has 2 aliphatic rings. The van der Waals surface area contributed by atoms with Crippen LogP contribution in [-0.2, 0) is 15.9 Å². The van der Waals surface area contributed by atoms with Crippen LogP contribution in [0.4, 0.5) is 4.79 Å². The number of ether oxygens (including phenoxy) is 3. The van der Waals surface area contributed by atoms with E-state index in [-0.39, 0.29) is 35.3 Å². The Balaban J connectivity index is 1.60. The molecule has 1 aromatic carbocycles. The van der Waals surface area contributed by atoms with Gasteiger partial charge in [-0.1, -0.05) is 20.8 Å². The lowest BCUT2D eigenvalue weighted by atomic mass is 9.72. The third-order valence-electron chi connectivity index (χ3n) is 7.57. The van der Waals surface area contributed by atoms with E-state index in [9.17, 15) is 4.79 Å². The molecule has 0 radical (unpaired) electrons. The highest BCUT2D eigenvalue weighted by molar-refractivity contribution is 5.98. The van der Waals surface area contributed by atoms with E-state index < -0.39 is 5.60 Å². The second kappa shape index (κ2) is 10.4. The van der Waals surface area contributed by atoms with Gasteiger partial charge in [-0.3, -0.25) is 4.99 Å². The van der Waals surface area contributed by atoms with E-state index in [0.717, 1.165) is 55.4 Å². The fourth-order valence-corrected chi connectivity index (χ4v) is 4.95. The molecule has 1 aromatic rings. The van der Waals surface area contributed by atoms with Crippen LogP contribution in [0.5, 0.6) is 5.75 Å². The Labute approximate surface area is 211 Å². The standard InChI is InChI=1S/C28H45N3O4/c1-26(2,3)28(7,33-8)23-16-10-18-17-19(9-15-22(18)34-23)24(29)30-20-11-13-21(14-12-20)31-25(32)35-27(4,5)6/h9,15,17,20-21,23H,10-14,16H2,1-8H3,(H2,29,30)(H,31,32)/t20?,21?,23-,28+/m1/s1. The lowest BCUT2D eigenvalue weighted by Gasteiger charge is -2.47. The topological polar surface area (TPSA) is 95.2 Å². The molecule has 35 heavy (non-hydrogen) atoms. The SMILES string of the molecule is CO[C@@](C)([C@H]1CCc2cc(C(N)=NC3CCC(NC(=O)OC(C)(C)C)CC3)ccc2O1)C(C)(C)C. The number of nitrogens with zero attached hydrogens (tertiary/aromatic N) is 1. The molecular formula is C28H45N3O4. The van der Waals surface area contributed by atoms with Gasteiger partial charge in [0.1, 0.15) is 28.9 Å². The molecule has 7 nitrogen and oxygen atoms in total. The molecular weight excluding hydrogens is 442 g/mol. The number of fused-ring (bicyclic) bond motifs is 1. The van der Waals surface area contributed by atoms with Gasteiger partial charge in [0.05, 0.1) is 6.04 Å². The van der Waals surface area contributed by atoms with Crippen LogP contribution in [0.2, 0.25) is 0 Å². The number of hydrogen-bond acceptors (Lipinski definition) is 5. The molecule has 7 heteroatoms. The molecule has 0 saturated heterocycles. The van der Waals surface area contributed by atoms with Crippen LogP contribution in [-0.4, -0.2) is 48.4 Å². The number of nitrogens with two attached hydrogens (primary N) is 1. The summed E-state index contributed by atoms with van der Waals surface area (Å²) in [4.78, 5) is 16.8. The number of amides is 1. The predicted molar refractivity (Wildman–Crippen MR) is 140 cm³/mol. The van der Waals surface area contributed by atoms with Gasteiger partial charge in [-0.05, 0) is 95.4 Å². The van der Waals surface area contributed by atoms with Gasteiger partial charge < -0.3 is 25.3 Å². The van der Waals surface area contributed by atoms with Crippen LogP contribution in [0.25, 0.3) is 0 Å². The van der Waals surface area contributed by atoms with Crippen molar-refractivity contribution in [3.63, 3.8) is 0 Å². The van der Waals surface area contributed by atoms with Crippen LogP contribution in [0.15, 0.2) is 23.2 Å². The predicted octanol–water partition coefficient (Wildman–Crippen LogP) is 5.37. The summed E-state index contributed by atoms with van der Waals surface area (Å²) < 4.78 is 17.7. The molecule has 1 fully saturated rings. The number of amidine groups is 1. The average molecular weight is 488 g/mol. The summed E-state index contributed by atoms with van der Waals surface area (Å²) in [6, 6.07) is 6.41. The number of aliphatic imine (C=N–C) groups is 1. The van der Waals surface area contributed by atoms with Gasteiger partial charge in [-0.25, -0.2) is 4.79 Å². The second-order valence-electron chi connectivity index (χ2n) is 12.2. The number of nitrogens with one attached hydrogen (secondary N) is 1. The zero-order valence-corrected chi connectivity index (χ0v) is 22.9. The Morgan fingerprint density at radius 3 is 2.29 bits per heavy atom. The minimum atomic E-state index is -0.489. The molecule has 3 rings (SSSR count). The van der Waals surface area contributed by atoms with E-state index in [4.69, 9.17) is 24.9 Å². The van der Waals surface area contributed by atoms with Gasteiger partial charge >= 0.3 is 6.09 Å². The summed E-state index contributed by atoms with van der Waals surface area (Å²) in [7, 11) is 1.77. The number of aryl methyl sites for hydroxylation is 1. The smallest absolute Gasteiger partial charge is 0.407 e. The normalized spacial score (nSPS) is 25.1. The Bertz CT molecular complexity index is 923. The summed E-state index contributed by atoms with van der Waals surface area (Å²) in [6.45, 7) is 14.3. The van der Waals surface area contributed by atoms with E-state index in [1.807, 2.05) is 32.9 Å². The average Bonchev–Trinajstić information content (AvgIpc) is 2.77. The van der Waals surface area contributed by atoms with Crippen LogP contribution in [0.1, 0.15) is 91.7 Å². The molecule has 3 N–H and O–H groups in total. The molecule has 196 valence electrons. The van der Waals surface area contributed by atoms with Gasteiger partial charge in [-0.2, -0.15) is 0 Å². The van der Waals surface area contributed by atoms with Crippen LogP contribution in [0, 0.1) is 5.41 Å². The molecule has 0 unspecified atom stereocenters. The highest BCUT2D eigenvalue weighted by Gasteiger charge is 2.47. The fraction of sp³-hybridized carbons (Fsp3) is 0.714. The lowest BCUT2D eigenvalue weighted by molar-refractivity contribution is -0.147. The summed E-state index contributed by atoms with van der Waals surface area (Å²) in [6.07, 6.45) is 4.95. The summed E-state index contributed by atoms with van der Waals surface area (Å²) in [5.41, 5.74) is 7.59. The summed E-state index contributed by atoms with van der Waals surface area (Å²) >= 11 is 0. The van der Waals surface area contributed by atoms with Gasteiger partial charge in [0.2, 0.25) is 0 Å². The number of hydrogen-bond donors (Lipinski definition) is 2. The summed E-state index contributed by atoms with van der Waals surface area (Å²) in [5.74, 6) is 1.47. The first-order valence-corrected chi connectivity index (χ1v) is 12.9. The van der Waals surface area contributed by atoms with E-state index in [0.29, 0.717) is 5.84 Å². The van der Waals surface area contributed by atoms with Gasteiger partial charge in [0, 0.05) is 18.7 Å². The Morgan fingerprint density at radius 2 is 1.71 bits per heavy atom. The first-order valence-electron chi connectivity index (χ1n) is 12.9. The Kier molecular flexibility index (Phi) is 8.09. The fourth-order valence-electron chi connectivity index (χ4n) is 4.95. The van der Waals surface area contributed by atoms with E-state index in [1.165, 1.54) is 0 Å². The van der Waals surface area contributed by atoms with Gasteiger partial charge in [0.25, 0.3) is 0 Å². The first-order chi connectivity index (χ1) is 16.2. The van der Waals surface area contributed by atoms with Crippen LogP contribution < -0.4 is 15.8 Å². The molecule has 1 aliphatic carbocycles. The number of benzene rings is 1. The second-order valence-corrected chi connectivity index (χ2v) is 12.2. The highest BCUT2D eigenvalue weighted by Crippen LogP contribution is 2.42. The monoisotopic (exact) mass is 487 g/mol. The van der Waals surface area contributed by atoms with Crippen molar-refractivity contribution >= 4 is 11.9 Å².